The first kappa shape index (κ1) is 15.9. The van der Waals surface area contributed by atoms with Crippen molar-refractivity contribution in [1.29, 1.82) is 0 Å². The lowest BCUT2D eigenvalue weighted by Crippen LogP contribution is -2.32. The molecule has 0 aliphatic carbocycles. The molecule has 0 saturated heterocycles. The molecule has 0 bridgehead atoms. The van der Waals surface area contributed by atoms with Crippen molar-refractivity contribution in [2.24, 2.45) is 0 Å². The Bertz CT molecular complexity index is 813. The van der Waals surface area contributed by atoms with E-state index in [9.17, 15) is 18.8 Å². The van der Waals surface area contributed by atoms with Crippen molar-refractivity contribution in [3.63, 3.8) is 0 Å². The van der Waals surface area contributed by atoms with E-state index in [4.69, 9.17) is 0 Å². The largest absolute Gasteiger partial charge is 0.326 e. The zero-order valence-corrected chi connectivity index (χ0v) is 13.0. The summed E-state index contributed by atoms with van der Waals surface area (Å²) in [7, 11) is 0. The van der Waals surface area contributed by atoms with Gasteiger partial charge in [-0.05, 0) is 42.8 Å². The first-order chi connectivity index (χ1) is 11.5. The summed E-state index contributed by atoms with van der Waals surface area (Å²) < 4.78 is 13.1. The predicted molar refractivity (Wildman–Crippen MR) is 86.2 cm³/mol. The lowest BCUT2D eigenvalue weighted by molar-refractivity contribution is -0.116. The lowest BCUT2D eigenvalue weighted by Gasteiger charge is -2.14. The van der Waals surface area contributed by atoms with Crippen LogP contribution >= 0.6 is 0 Å². The van der Waals surface area contributed by atoms with Crippen LogP contribution in [-0.2, 0) is 4.79 Å². The van der Waals surface area contributed by atoms with E-state index in [-0.39, 0.29) is 36.5 Å². The summed E-state index contributed by atoms with van der Waals surface area (Å²) in [5.41, 5.74) is 1.82. The molecule has 0 radical (unpaired) electrons. The van der Waals surface area contributed by atoms with Crippen LogP contribution in [0, 0.1) is 12.7 Å². The van der Waals surface area contributed by atoms with Crippen molar-refractivity contribution in [2.45, 2.75) is 13.3 Å². The SMILES string of the molecule is Cc1cc(F)ccc1NC(=O)CCN1C(=O)c2ccccc2C1=O. The highest BCUT2D eigenvalue weighted by atomic mass is 19.1. The average Bonchev–Trinajstić information content (AvgIpc) is 2.80. The van der Waals surface area contributed by atoms with Gasteiger partial charge in [-0.1, -0.05) is 12.1 Å². The molecule has 1 aliphatic heterocycles. The van der Waals surface area contributed by atoms with Crippen LogP contribution in [0.15, 0.2) is 42.5 Å². The summed E-state index contributed by atoms with van der Waals surface area (Å²) in [6.45, 7) is 1.68. The van der Waals surface area contributed by atoms with Crippen LogP contribution in [0.25, 0.3) is 0 Å². The minimum atomic E-state index is -0.388. The fourth-order valence-electron chi connectivity index (χ4n) is 2.64. The van der Waals surface area contributed by atoms with Gasteiger partial charge in [0, 0.05) is 18.7 Å². The maximum atomic E-state index is 13.1. The van der Waals surface area contributed by atoms with Crippen molar-refractivity contribution in [3.05, 3.63) is 65.0 Å². The molecule has 24 heavy (non-hydrogen) atoms. The Kier molecular flexibility index (Phi) is 4.12. The third-order valence-corrected chi connectivity index (χ3v) is 3.90. The summed E-state index contributed by atoms with van der Waals surface area (Å²) in [6, 6.07) is 10.6. The Morgan fingerprint density at radius 3 is 2.29 bits per heavy atom. The number of halogens is 1. The van der Waals surface area contributed by atoms with Crippen molar-refractivity contribution in [2.75, 3.05) is 11.9 Å². The zero-order valence-electron chi connectivity index (χ0n) is 13.0. The predicted octanol–water partition coefficient (Wildman–Crippen LogP) is 2.76. The molecule has 2 aromatic rings. The minimum Gasteiger partial charge on any atom is -0.326 e. The number of amides is 3. The van der Waals surface area contributed by atoms with E-state index in [1.807, 2.05) is 0 Å². The smallest absolute Gasteiger partial charge is 0.261 e. The topological polar surface area (TPSA) is 66.5 Å². The Morgan fingerprint density at radius 2 is 1.71 bits per heavy atom. The monoisotopic (exact) mass is 326 g/mol. The summed E-state index contributed by atoms with van der Waals surface area (Å²) >= 11 is 0. The molecule has 0 spiro atoms. The number of carbonyl (C=O) groups excluding carboxylic acids is 3. The van der Waals surface area contributed by atoms with E-state index < -0.39 is 0 Å². The second-order valence-electron chi connectivity index (χ2n) is 5.56. The number of nitrogens with zero attached hydrogens (tertiary/aromatic N) is 1. The molecule has 2 aromatic carbocycles. The van der Waals surface area contributed by atoms with Crippen LogP contribution in [0.2, 0.25) is 0 Å². The molecule has 1 heterocycles. The van der Waals surface area contributed by atoms with Crippen LogP contribution < -0.4 is 5.32 Å². The second-order valence-corrected chi connectivity index (χ2v) is 5.56. The number of fused-ring (bicyclic) bond motifs is 1. The molecule has 0 saturated carbocycles. The number of benzene rings is 2. The lowest BCUT2D eigenvalue weighted by atomic mass is 10.1. The number of carbonyl (C=O) groups is 3. The molecule has 0 aromatic heterocycles. The van der Waals surface area contributed by atoms with E-state index in [0.29, 0.717) is 22.4 Å². The summed E-state index contributed by atoms with van der Waals surface area (Å²) in [5.74, 6) is -1.50. The molecule has 1 aliphatic rings. The van der Waals surface area contributed by atoms with E-state index in [0.717, 1.165) is 4.90 Å². The fraction of sp³-hybridized carbons (Fsp3) is 0.167. The Labute approximate surface area is 138 Å². The van der Waals surface area contributed by atoms with Crippen LogP contribution in [0.5, 0.6) is 0 Å². The number of rotatable bonds is 4. The number of hydrogen-bond donors (Lipinski definition) is 1. The highest BCUT2D eigenvalue weighted by molar-refractivity contribution is 6.21. The first-order valence-corrected chi connectivity index (χ1v) is 7.48. The standard InChI is InChI=1S/C18H15FN2O3/c1-11-10-12(19)6-7-15(11)20-16(22)8-9-21-17(23)13-4-2-3-5-14(13)18(21)24/h2-7,10H,8-9H2,1H3,(H,20,22). The number of aryl methyl sites for hydroxylation is 1. The van der Waals surface area contributed by atoms with Crippen molar-refractivity contribution < 1.29 is 18.8 Å². The first-order valence-electron chi connectivity index (χ1n) is 7.48. The Morgan fingerprint density at radius 1 is 1.08 bits per heavy atom. The molecule has 0 unspecified atom stereocenters. The zero-order chi connectivity index (χ0) is 17.3. The molecular weight excluding hydrogens is 311 g/mol. The number of anilines is 1. The molecule has 122 valence electrons. The normalized spacial score (nSPS) is 13.2. The van der Waals surface area contributed by atoms with Gasteiger partial charge >= 0.3 is 0 Å². The van der Waals surface area contributed by atoms with Gasteiger partial charge in [-0.3, -0.25) is 19.3 Å². The average molecular weight is 326 g/mol. The van der Waals surface area contributed by atoms with Gasteiger partial charge in [0.15, 0.2) is 0 Å². The van der Waals surface area contributed by atoms with E-state index in [1.165, 1.54) is 18.2 Å². The summed E-state index contributed by atoms with van der Waals surface area (Å²) in [5, 5.41) is 2.66. The highest BCUT2D eigenvalue weighted by Gasteiger charge is 2.34. The van der Waals surface area contributed by atoms with Gasteiger partial charge < -0.3 is 5.32 Å². The van der Waals surface area contributed by atoms with Gasteiger partial charge in [-0.15, -0.1) is 0 Å². The van der Waals surface area contributed by atoms with E-state index in [2.05, 4.69) is 5.32 Å². The van der Waals surface area contributed by atoms with Crippen LogP contribution in [0.3, 0.4) is 0 Å². The molecule has 5 nitrogen and oxygen atoms in total. The van der Waals surface area contributed by atoms with Gasteiger partial charge in [-0.2, -0.15) is 0 Å². The molecule has 6 heteroatoms. The van der Waals surface area contributed by atoms with E-state index >= 15 is 0 Å². The van der Waals surface area contributed by atoms with Crippen molar-refractivity contribution >= 4 is 23.4 Å². The fourth-order valence-corrected chi connectivity index (χ4v) is 2.64. The molecule has 0 fully saturated rings. The quantitative estimate of drug-likeness (QED) is 0.879. The van der Waals surface area contributed by atoms with Gasteiger partial charge in [0.2, 0.25) is 5.91 Å². The van der Waals surface area contributed by atoms with Crippen LogP contribution in [0.4, 0.5) is 10.1 Å². The minimum absolute atomic E-state index is 0.00157. The molecule has 1 N–H and O–H groups in total. The number of hydrogen-bond acceptors (Lipinski definition) is 3. The maximum Gasteiger partial charge on any atom is 0.261 e. The van der Waals surface area contributed by atoms with Gasteiger partial charge in [0.05, 0.1) is 11.1 Å². The summed E-state index contributed by atoms with van der Waals surface area (Å²) in [4.78, 5) is 37.5. The molecule has 0 atom stereocenters. The highest BCUT2D eigenvalue weighted by Crippen LogP contribution is 2.22. The maximum absolute atomic E-state index is 13.1. The number of imide groups is 1. The Hall–Kier alpha value is -3.02. The van der Waals surface area contributed by atoms with Crippen LogP contribution in [0.1, 0.15) is 32.7 Å². The molecule has 3 amide bonds. The molecule has 3 rings (SSSR count). The van der Waals surface area contributed by atoms with Gasteiger partial charge in [0.25, 0.3) is 11.8 Å². The van der Waals surface area contributed by atoms with Crippen LogP contribution in [-0.4, -0.2) is 29.2 Å². The van der Waals surface area contributed by atoms with Gasteiger partial charge in [0.1, 0.15) is 5.82 Å². The second kappa shape index (κ2) is 6.23. The Balaban J connectivity index is 1.63. The van der Waals surface area contributed by atoms with Crippen molar-refractivity contribution in [3.8, 4) is 0 Å². The number of nitrogens with one attached hydrogen (secondary N) is 1. The molecular formula is C18H15FN2O3. The third kappa shape index (κ3) is 2.90. The summed E-state index contributed by atoms with van der Waals surface area (Å²) in [6.07, 6.45) is -0.0255. The van der Waals surface area contributed by atoms with Crippen molar-refractivity contribution in [1.82, 2.24) is 4.90 Å². The third-order valence-electron chi connectivity index (χ3n) is 3.90. The van der Waals surface area contributed by atoms with Gasteiger partial charge in [-0.25, -0.2) is 4.39 Å². The van der Waals surface area contributed by atoms with E-state index in [1.54, 1.807) is 31.2 Å².